The fraction of sp³-hybridized carbons (Fsp3) is 0.263. The molecule has 3 rings (SSSR count). The number of amides is 1. The highest BCUT2D eigenvalue weighted by molar-refractivity contribution is 5.95. The lowest BCUT2D eigenvalue weighted by molar-refractivity contribution is -0.384. The van der Waals surface area contributed by atoms with E-state index in [1.54, 1.807) is 37.5 Å². The topological polar surface area (TPSA) is 93.3 Å². The molecule has 140 valence electrons. The molecular formula is C19H21N5O3. The fourth-order valence-corrected chi connectivity index (χ4v) is 2.93. The molecule has 0 fully saturated rings. The third-order valence-corrected chi connectivity index (χ3v) is 4.30. The first-order chi connectivity index (χ1) is 13.0. The summed E-state index contributed by atoms with van der Waals surface area (Å²) in [6.45, 7) is 1.19. The Labute approximate surface area is 156 Å². The van der Waals surface area contributed by atoms with Crippen molar-refractivity contribution in [1.29, 1.82) is 0 Å². The number of fused-ring (bicyclic) bond motifs is 1. The standard InChI is InChI=1S/C19H21N5O3/c1-22(2)17-9-8-14(12-18(17)24(26)27)19(25)20-10-5-11-23-13-21-15-6-3-4-7-16(15)23/h3-4,6-9,12-13H,5,10-11H2,1-2H3,(H,20,25). The summed E-state index contributed by atoms with van der Waals surface area (Å²) in [6.07, 6.45) is 2.51. The molecule has 1 aromatic heterocycles. The number of hydrogen-bond donors (Lipinski definition) is 1. The minimum Gasteiger partial charge on any atom is -0.372 e. The Bertz CT molecular complexity index is 980. The Morgan fingerprint density at radius 2 is 2.04 bits per heavy atom. The molecule has 0 saturated carbocycles. The zero-order chi connectivity index (χ0) is 19.4. The Morgan fingerprint density at radius 1 is 1.26 bits per heavy atom. The van der Waals surface area contributed by atoms with Crippen molar-refractivity contribution in [2.75, 3.05) is 25.5 Å². The molecule has 1 heterocycles. The SMILES string of the molecule is CN(C)c1ccc(C(=O)NCCCn2cnc3ccccc32)cc1[N+](=O)[O-]. The van der Waals surface area contributed by atoms with E-state index in [1.165, 1.54) is 6.07 Å². The summed E-state index contributed by atoms with van der Waals surface area (Å²) >= 11 is 0. The van der Waals surface area contributed by atoms with Crippen LogP contribution in [0.4, 0.5) is 11.4 Å². The molecule has 0 unspecified atom stereocenters. The number of para-hydroxylation sites is 2. The molecule has 0 saturated heterocycles. The van der Waals surface area contributed by atoms with Crippen molar-refractivity contribution in [1.82, 2.24) is 14.9 Å². The molecule has 8 nitrogen and oxygen atoms in total. The number of carbonyl (C=O) groups excluding carboxylic acids is 1. The fourth-order valence-electron chi connectivity index (χ4n) is 2.93. The summed E-state index contributed by atoms with van der Waals surface area (Å²) in [5.41, 5.74) is 2.65. The van der Waals surface area contributed by atoms with Crippen LogP contribution in [-0.2, 0) is 6.54 Å². The number of nitrogens with one attached hydrogen (secondary N) is 1. The summed E-state index contributed by atoms with van der Waals surface area (Å²) in [5.74, 6) is -0.320. The number of anilines is 1. The van der Waals surface area contributed by atoms with Gasteiger partial charge < -0.3 is 14.8 Å². The largest absolute Gasteiger partial charge is 0.372 e. The molecule has 8 heteroatoms. The van der Waals surface area contributed by atoms with Gasteiger partial charge in [0.15, 0.2) is 0 Å². The van der Waals surface area contributed by atoms with Gasteiger partial charge in [-0.3, -0.25) is 14.9 Å². The summed E-state index contributed by atoms with van der Waals surface area (Å²) in [5, 5.41) is 14.1. The molecule has 0 radical (unpaired) electrons. The van der Waals surface area contributed by atoms with Gasteiger partial charge in [-0.1, -0.05) is 12.1 Å². The zero-order valence-corrected chi connectivity index (χ0v) is 15.3. The van der Waals surface area contributed by atoms with Crippen LogP contribution in [-0.4, -0.2) is 41.0 Å². The number of nitro benzene ring substituents is 1. The Balaban J connectivity index is 1.59. The number of benzene rings is 2. The first-order valence-corrected chi connectivity index (χ1v) is 8.61. The molecule has 0 aliphatic carbocycles. The maximum absolute atomic E-state index is 12.3. The second kappa shape index (κ2) is 7.86. The first kappa shape index (κ1) is 18.4. The van der Waals surface area contributed by atoms with E-state index in [9.17, 15) is 14.9 Å². The van der Waals surface area contributed by atoms with Crippen LogP contribution in [0.3, 0.4) is 0 Å². The van der Waals surface area contributed by atoms with Gasteiger partial charge in [0, 0.05) is 38.8 Å². The van der Waals surface area contributed by atoms with Gasteiger partial charge in [0.2, 0.25) is 0 Å². The van der Waals surface area contributed by atoms with Crippen molar-refractivity contribution in [3.05, 3.63) is 64.5 Å². The van der Waals surface area contributed by atoms with Gasteiger partial charge in [-0.2, -0.15) is 0 Å². The molecule has 1 N–H and O–H groups in total. The summed E-state index contributed by atoms with van der Waals surface area (Å²) < 4.78 is 2.04. The minimum atomic E-state index is -0.476. The Morgan fingerprint density at radius 3 is 2.78 bits per heavy atom. The van der Waals surface area contributed by atoms with E-state index in [2.05, 4.69) is 10.3 Å². The number of hydrogen-bond acceptors (Lipinski definition) is 5. The average Bonchev–Trinajstić information content (AvgIpc) is 3.07. The summed E-state index contributed by atoms with van der Waals surface area (Å²) in [4.78, 5) is 29.1. The lowest BCUT2D eigenvalue weighted by Crippen LogP contribution is -2.25. The third-order valence-electron chi connectivity index (χ3n) is 4.30. The van der Waals surface area contributed by atoms with Gasteiger partial charge in [-0.05, 0) is 30.7 Å². The number of carbonyl (C=O) groups is 1. The number of aryl methyl sites for hydroxylation is 1. The predicted octanol–water partition coefficient (Wildman–Crippen LogP) is 2.83. The molecule has 2 aromatic carbocycles. The highest BCUT2D eigenvalue weighted by atomic mass is 16.6. The maximum Gasteiger partial charge on any atom is 0.293 e. The first-order valence-electron chi connectivity index (χ1n) is 8.61. The number of aromatic nitrogens is 2. The third kappa shape index (κ3) is 4.05. The van der Waals surface area contributed by atoms with E-state index in [0.29, 0.717) is 12.2 Å². The molecule has 0 spiro atoms. The Kier molecular flexibility index (Phi) is 5.35. The van der Waals surface area contributed by atoms with Crippen molar-refractivity contribution in [3.63, 3.8) is 0 Å². The second-order valence-electron chi connectivity index (χ2n) is 6.39. The molecule has 0 bridgehead atoms. The minimum absolute atomic E-state index is 0.0856. The van der Waals surface area contributed by atoms with Crippen molar-refractivity contribution in [2.45, 2.75) is 13.0 Å². The lowest BCUT2D eigenvalue weighted by Gasteiger charge is -2.13. The average molecular weight is 367 g/mol. The van der Waals surface area contributed by atoms with Crippen LogP contribution >= 0.6 is 0 Å². The number of nitro groups is 1. The lowest BCUT2D eigenvalue weighted by atomic mass is 10.1. The van der Waals surface area contributed by atoms with Crippen LogP contribution in [0.1, 0.15) is 16.8 Å². The quantitative estimate of drug-likeness (QED) is 0.394. The van der Waals surface area contributed by atoms with Crippen LogP contribution in [0.5, 0.6) is 0 Å². The van der Waals surface area contributed by atoms with Crippen LogP contribution in [0.25, 0.3) is 11.0 Å². The molecular weight excluding hydrogens is 346 g/mol. The molecule has 27 heavy (non-hydrogen) atoms. The van der Waals surface area contributed by atoms with Gasteiger partial charge in [-0.15, -0.1) is 0 Å². The monoisotopic (exact) mass is 367 g/mol. The highest BCUT2D eigenvalue weighted by Gasteiger charge is 2.18. The number of nitrogens with zero attached hydrogens (tertiary/aromatic N) is 4. The van der Waals surface area contributed by atoms with Crippen molar-refractivity contribution in [3.8, 4) is 0 Å². The van der Waals surface area contributed by atoms with Crippen molar-refractivity contribution in [2.24, 2.45) is 0 Å². The zero-order valence-electron chi connectivity index (χ0n) is 15.3. The van der Waals surface area contributed by atoms with E-state index in [-0.39, 0.29) is 17.2 Å². The van der Waals surface area contributed by atoms with Gasteiger partial charge >= 0.3 is 0 Å². The summed E-state index contributed by atoms with van der Waals surface area (Å²) in [7, 11) is 3.45. The van der Waals surface area contributed by atoms with E-state index in [4.69, 9.17) is 0 Å². The number of rotatable bonds is 7. The van der Waals surface area contributed by atoms with Gasteiger partial charge in [0.1, 0.15) is 5.69 Å². The van der Waals surface area contributed by atoms with E-state index in [0.717, 1.165) is 24.0 Å². The van der Waals surface area contributed by atoms with Crippen molar-refractivity contribution >= 4 is 28.3 Å². The van der Waals surface area contributed by atoms with E-state index in [1.807, 2.05) is 28.8 Å². The molecule has 3 aromatic rings. The molecule has 0 aliphatic heterocycles. The van der Waals surface area contributed by atoms with Crippen LogP contribution in [0, 0.1) is 10.1 Å². The molecule has 0 aliphatic rings. The van der Waals surface area contributed by atoms with Gasteiger partial charge in [-0.25, -0.2) is 4.98 Å². The second-order valence-corrected chi connectivity index (χ2v) is 6.39. The normalized spacial score (nSPS) is 10.7. The van der Waals surface area contributed by atoms with Crippen LogP contribution in [0.15, 0.2) is 48.8 Å². The smallest absolute Gasteiger partial charge is 0.293 e. The predicted molar refractivity (Wildman–Crippen MR) is 104 cm³/mol. The van der Waals surface area contributed by atoms with Gasteiger partial charge in [0.05, 0.1) is 22.3 Å². The van der Waals surface area contributed by atoms with E-state index >= 15 is 0 Å². The maximum atomic E-state index is 12.3. The molecule has 1 amide bonds. The van der Waals surface area contributed by atoms with Crippen LogP contribution < -0.4 is 10.2 Å². The van der Waals surface area contributed by atoms with Gasteiger partial charge in [0.25, 0.3) is 11.6 Å². The number of imidazole rings is 1. The Hall–Kier alpha value is -3.42. The van der Waals surface area contributed by atoms with Crippen LogP contribution in [0.2, 0.25) is 0 Å². The van der Waals surface area contributed by atoms with Crippen molar-refractivity contribution < 1.29 is 9.72 Å². The molecule has 0 atom stereocenters. The summed E-state index contributed by atoms with van der Waals surface area (Å²) in [6, 6.07) is 12.4. The van der Waals surface area contributed by atoms with E-state index < -0.39 is 4.92 Å². The highest BCUT2D eigenvalue weighted by Crippen LogP contribution is 2.27.